The van der Waals surface area contributed by atoms with Gasteiger partial charge in [-0.1, -0.05) is 25.4 Å². The van der Waals surface area contributed by atoms with Gasteiger partial charge >= 0.3 is 6.18 Å². The van der Waals surface area contributed by atoms with Crippen LogP contribution in [0.15, 0.2) is 24.5 Å². The third kappa shape index (κ3) is 5.79. The summed E-state index contributed by atoms with van der Waals surface area (Å²) in [7, 11) is 0. The molecule has 0 radical (unpaired) electrons. The van der Waals surface area contributed by atoms with Crippen molar-refractivity contribution in [3.63, 3.8) is 0 Å². The van der Waals surface area contributed by atoms with Gasteiger partial charge in [-0.15, -0.1) is 0 Å². The van der Waals surface area contributed by atoms with Gasteiger partial charge in [0.05, 0.1) is 11.6 Å². The minimum absolute atomic E-state index is 0.00399. The van der Waals surface area contributed by atoms with Gasteiger partial charge in [-0.25, -0.2) is 9.97 Å². The molecule has 2 aliphatic rings. The van der Waals surface area contributed by atoms with E-state index in [1.54, 1.807) is 23.6 Å². The fourth-order valence-corrected chi connectivity index (χ4v) is 5.43. The molecule has 1 aromatic carbocycles. The lowest BCUT2D eigenvalue weighted by Gasteiger charge is -2.47. The van der Waals surface area contributed by atoms with Crippen LogP contribution in [0, 0.1) is 17.7 Å². The summed E-state index contributed by atoms with van der Waals surface area (Å²) in [4.78, 5) is 37.7. The van der Waals surface area contributed by atoms with Crippen molar-refractivity contribution in [1.29, 1.82) is 0 Å². The van der Waals surface area contributed by atoms with Crippen LogP contribution in [-0.2, 0) is 15.8 Å². The van der Waals surface area contributed by atoms with Crippen molar-refractivity contribution in [3.05, 3.63) is 40.9 Å². The Hall–Kier alpha value is -3.15. The summed E-state index contributed by atoms with van der Waals surface area (Å²) in [5.41, 5.74) is 4.77. The molecule has 2 aliphatic heterocycles. The number of Topliss-reactive ketones (excluding diaryl/α,β-unsaturated/α-hetero) is 1. The van der Waals surface area contributed by atoms with E-state index in [4.69, 9.17) is 17.3 Å². The molecule has 38 heavy (non-hydrogen) atoms. The van der Waals surface area contributed by atoms with Crippen LogP contribution < -0.4 is 16.0 Å². The first-order valence-corrected chi connectivity index (χ1v) is 12.7. The van der Waals surface area contributed by atoms with Gasteiger partial charge in [-0.3, -0.25) is 9.59 Å². The lowest BCUT2D eigenvalue weighted by molar-refractivity contribution is -0.141. The Morgan fingerprint density at radius 3 is 2.61 bits per heavy atom. The molecule has 0 unspecified atom stereocenters. The van der Waals surface area contributed by atoms with Gasteiger partial charge in [0, 0.05) is 42.2 Å². The van der Waals surface area contributed by atoms with Gasteiger partial charge in [-0.05, 0) is 37.5 Å². The Labute approximate surface area is 222 Å². The number of nitrogen functional groups attached to an aromatic ring is 1. The highest BCUT2D eigenvalue weighted by Crippen LogP contribution is 2.35. The van der Waals surface area contributed by atoms with Gasteiger partial charge in [0.2, 0.25) is 11.7 Å². The number of hydrogen-bond donors (Lipinski definition) is 2. The van der Waals surface area contributed by atoms with Crippen LogP contribution in [-0.4, -0.2) is 58.3 Å². The van der Waals surface area contributed by atoms with Crippen molar-refractivity contribution in [3.8, 4) is 0 Å². The molecule has 2 saturated heterocycles. The second kappa shape index (κ2) is 10.9. The Bertz CT molecular complexity index is 1210. The number of amides is 1. The fraction of sp³-hybridized carbons (Fsp3) is 0.520. The van der Waals surface area contributed by atoms with Crippen LogP contribution in [0.4, 0.5) is 34.9 Å². The highest BCUT2D eigenvalue weighted by molar-refractivity contribution is 6.31. The molecule has 2 aromatic rings. The third-order valence-electron chi connectivity index (χ3n) is 7.05. The Morgan fingerprint density at radius 1 is 1.18 bits per heavy atom. The first-order valence-electron chi connectivity index (χ1n) is 12.4. The molecule has 0 bridgehead atoms. The first kappa shape index (κ1) is 27.9. The summed E-state index contributed by atoms with van der Waals surface area (Å²) in [5, 5.41) is 2.80. The fourth-order valence-electron chi connectivity index (χ4n) is 5.19. The number of halogens is 5. The van der Waals surface area contributed by atoms with Gasteiger partial charge in [0.25, 0.3) is 0 Å². The van der Waals surface area contributed by atoms with Crippen LogP contribution in [0.2, 0.25) is 5.02 Å². The van der Waals surface area contributed by atoms with E-state index in [0.717, 1.165) is 18.5 Å². The van der Waals surface area contributed by atoms with Crippen LogP contribution >= 0.6 is 11.6 Å². The predicted octanol–water partition coefficient (Wildman–Crippen LogP) is 4.39. The topological polar surface area (TPSA) is 104 Å². The zero-order valence-electron chi connectivity index (χ0n) is 20.9. The normalized spacial score (nSPS) is 22.6. The summed E-state index contributed by atoms with van der Waals surface area (Å²) >= 11 is 5.91. The number of benzene rings is 1. The maximum atomic E-state index is 14.7. The van der Waals surface area contributed by atoms with Crippen molar-refractivity contribution < 1.29 is 27.2 Å². The highest BCUT2D eigenvalue weighted by atomic mass is 35.5. The van der Waals surface area contributed by atoms with Gasteiger partial charge in [0.1, 0.15) is 18.2 Å². The van der Waals surface area contributed by atoms with E-state index in [2.05, 4.69) is 15.3 Å². The molecule has 0 spiro atoms. The SMILES string of the molecule is CC(C)C(=O)[C@H]1CCN(c2ncnc(N)c2F)C[C@@H]1N1CCC[C@@H](Nc2cc(Cl)cc(C(F)(F)F)c2)C1=O. The molecular weight excluding hydrogens is 528 g/mol. The van der Waals surface area contributed by atoms with E-state index in [9.17, 15) is 27.2 Å². The van der Waals surface area contributed by atoms with E-state index in [1.165, 1.54) is 6.07 Å². The predicted molar refractivity (Wildman–Crippen MR) is 135 cm³/mol. The summed E-state index contributed by atoms with van der Waals surface area (Å²) in [6, 6.07) is 1.66. The van der Waals surface area contributed by atoms with E-state index in [-0.39, 0.29) is 46.5 Å². The molecule has 3 heterocycles. The number of rotatable bonds is 6. The van der Waals surface area contributed by atoms with E-state index < -0.39 is 35.6 Å². The Kier molecular flexibility index (Phi) is 8.01. The standard InChI is InChI=1S/C25H29ClF4N6O2/c1-13(2)21(37)17-5-7-35(23-20(27)22(31)32-12-33-23)11-19(17)36-6-3-4-18(24(36)38)34-16-9-14(25(28,29)30)8-15(26)10-16/h8-10,12-13,17-19,34H,3-7,11H2,1-2H3,(H2,31,32,33)/t17-,18+,19-/m0/s1. The zero-order chi connectivity index (χ0) is 27.8. The van der Waals surface area contributed by atoms with Crippen LogP contribution in [0.25, 0.3) is 0 Å². The highest BCUT2D eigenvalue weighted by Gasteiger charge is 2.43. The lowest BCUT2D eigenvalue weighted by atomic mass is 9.81. The second-order valence-electron chi connectivity index (χ2n) is 9.96. The molecular formula is C25H29ClF4N6O2. The van der Waals surface area contributed by atoms with Crippen molar-refractivity contribution >= 4 is 40.6 Å². The van der Waals surface area contributed by atoms with E-state index >= 15 is 0 Å². The minimum Gasteiger partial charge on any atom is -0.381 e. The number of likely N-dealkylation sites (tertiary alicyclic amines) is 1. The van der Waals surface area contributed by atoms with Gasteiger partial charge in [0.15, 0.2) is 11.6 Å². The van der Waals surface area contributed by atoms with Crippen molar-refractivity contribution in [2.75, 3.05) is 35.6 Å². The van der Waals surface area contributed by atoms with Crippen molar-refractivity contribution in [2.24, 2.45) is 11.8 Å². The molecule has 2 fully saturated rings. The quantitative estimate of drug-likeness (QED) is 0.508. The number of carbonyl (C=O) groups is 2. The van der Waals surface area contributed by atoms with Gasteiger partial charge in [-0.2, -0.15) is 17.6 Å². The molecule has 0 saturated carbocycles. The maximum Gasteiger partial charge on any atom is 0.416 e. The Balaban J connectivity index is 1.61. The van der Waals surface area contributed by atoms with E-state index in [0.29, 0.717) is 32.4 Å². The molecule has 1 aromatic heterocycles. The second-order valence-corrected chi connectivity index (χ2v) is 10.4. The number of aromatic nitrogens is 2. The average Bonchev–Trinajstić information content (AvgIpc) is 2.85. The zero-order valence-corrected chi connectivity index (χ0v) is 21.7. The number of nitrogens with one attached hydrogen (secondary N) is 1. The Morgan fingerprint density at radius 2 is 1.92 bits per heavy atom. The van der Waals surface area contributed by atoms with Crippen molar-refractivity contribution in [2.45, 2.75) is 51.4 Å². The number of piperidine rings is 2. The largest absolute Gasteiger partial charge is 0.416 e. The smallest absolute Gasteiger partial charge is 0.381 e. The molecule has 1 amide bonds. The molecule has 0 aliphatic carbocycles. The van der Waals surface area contributed by atoms with Crippen LogP contribution in [0.3, 0.4) is 0 Å². The van der Waals surface area contributed by atoms with Crippen molar-refractivity contribution in [1.82, 2.24) is 14.9 Å². The summed E-state index contributed by atoms with van der Waals surface area (Å²) < 4.78 is 54.6. The number of nitrogens with two attached hydrogens (primary N) is 1. The number of hydrogen-bond acceptors (Lipinski definition) is 7. The van der Waals surface area contributed by atoms with Crippen LogP contribution in [0.1, 0.15) is 38.7 Å². The summed E-state index contributed by atoms with van der Waals surface area (Å²) in [6.45, 7) is 4.41. The van der Waals surface area contributed by atoms with Crippen LogP contribution in [0.5, 0.6) is 0 Å². The molecule has 8 nitrogen and oxygen atoms in total. The molecule has 4 rings (SSSR count). The lowest BCUT2D eigenvalue weighted by Crippen LogP contribution is -2.61. The number of anilines is 3. The molecule has 13 heteroatoms. The first-order chi connectivity index (χ1) is 17.9. The monoisotopic (exact) mass is 556 g/mol. The average molecular weight is 557 g/mol. The maximum absolute atomic E-state index is 14.7. The third-order valence-corrected chi connectivity index (χ3v) is 7.27. The number of carbonyl (C=O) groups excluding carboxylic acids is 2. The summed E-state index contributed by atoms with van der Waals surface area (Å²) in [5.74, 6) is -2.20. The number of ketones is 1. The molecule has 206 valence electrons. The molecule has 3 atom stereocenters. The summed E-state index contributed by atoms with van der Waals surface area (Å²) in [6.07, 6.45) is -2.13. The minimum atomic E-state index is -4.60. The van der Waals surface area contributed by atoms with E-state index in [1.807, 2.05) is 0 Å². The molecule has 3 N–H and O–H groups in total. The number of nitrogens with zero attached hydrogens (tertiary/aromatic N) is 4. The number of alkyl halides is 3. The van der Waals surface area contributed by atoms with Gasteiger partial charge < -0.3 is 20.9 Å².